The molecular weight excluding hydrogens is 394 g/mol. The average molecular weight is 420 g/mol. The van der Waals surface area contributed by atoms with Gasteiger partial charge < -0.3 is 19.3 Å². The molecule has 1 N–H and O–H groups in total. The Morgan fingerprint density at radius 1 is 1.21 bits per heavy atom. The summed E-state index contributed by atoms with van der Waals surface area (Å²) in [5.41, 5.74) is 2.41. The molecule has 0 saturated heterocycles. The number of hydrogen-bond acceptors (Lipinski definition) is 6. The van der Waals surface area contributed by atoms with E-state index >= 15 is 0 Å². The predicted molar refractivity (Wildman–Crippen MR) is 115 cm³/mol. The lowest BCUT2D eigenvalue weighted by Gasteiger charge is -2.16. The number of phenols is 1. The second kappa shape index (κ2) is 11.9. The van der Waals surface area contributed by atoms with Gasteiger partial charge in [0.25, 0.3) is 0 Å². The Bertz CT molecular complexity index is 875. The number of hydrogen-bond donors (Lipinski definition) is 1. The molecule has 0 aliphatic carbocycles. The highest BCUT2D eigenvalue weighted by molar-refractivity contribution is 6.05. The van der Waals surface area contributed by atoms with E-state index in [-0.39, 0.29) is 30.7 Å². The molecule has 0 radical (unpaired) electrons. The zero-order valence-corrected chi connectivity index (χ0v) is 17.8. The van der Waals surface area contributed by atoms with Crippen LogP contribution in [0.3, 0.4) is 0 Å². The lowest BCUT2D eigenvalue weighted by Crippen LogP contribution is -2.04. The quantitative estimate of drug-likeness (QED) is 0.277. The summed E-state index contributed by atoms with van der Waals surface area (Å²) in [5, 5.41) is 10.9. The standard InChI is InChI=1S/C22H25NO5.ClH/c1-15(2)8-9-17-21(28-14-26-3)13-20(27-4)16(22(17)25)10-11-19(24)18-7-5-6-12-23-18;/h5-8,10-13,25H,9,14H2,1-4H3;1H/b11-10+;. The van der Waals surface area contributed by atoms with E-state index in [1.165, 1.54) is 26.4 Å². The molecule has 1 aromatic carbocycles. The van der Waals surface area contributed by atoms with Crippen molar-refractivity contribution in [1.82, 2.24) is 4.98 Å². The summed E-state index contributed by atoms with van der Waals surface area (Å²) in [5.74, 6) is 0.567. The van der Waals surface area contributed by atoms with Gasteiger partial charge in [-0.3, -0.25) is 9.78 Å². The average Bonchev–Trinajstić information content (AvgIpc) is 2.70. The molecule has 156 valence electrons. The molecule has 1 aromatic heterocycles. The number of carbonyl (C=O) groups is 1. The summed E-state index contributed by atoms with van der Waals surface area (Å²) < 4.78 is 16.0. The van der Waals surface area contributed by atoms with Crippen LogP contribution in [0, 0.1) is 0 Å². The van der Waals surface area contributed by atoms with Crippen molar-refractivity contribution in [3.63, 3.8) is 0 Å². The van der Waals surface area contributed by atoms with Crippen LogP contribution in [0.2, 0.25) is 0 Å². The van der Waals surface area contributed by atoms with Crippen molar-refractivity contribution in [1.29, 1.82) is 0 Å². The van der Waals surface area contributed by atoms with E-state index in [0.717, 1.165) is 5.57 Å². The maximum atomic E-state index is 12.3. The Kier molecular flexibility index (Phi) is 9.92. The number of ether oxygens (including phenoxy) is 3. The minimum atomic E-state index is -0.271. The minimum absolute atomic E-state index is 0. The second-order valence-corrected chi connectivity index (χ2v) is 6.27. The van der Waals surface area contributed by atoms with E-state index in [1.807, 2.05) is 19.9 Å². The van der Waals surface area contributed by atoms with Crippen LogP contribution < -0.4 is 9.47 Å². The van der Waals surface area contributed by atoms with E-state index in [1.54, 1.807) is 30.5 Å². The van der Waals surface area contributed by atoms with Crippen molar-refractivity contribution in [2.45, 2.75) is 20.3 Å². The highest BCUT2D eigenvalue weighted by Gasteiger charge is 2.18. The lowest BCUT2D eigenvalue weighted by atomic mass is 10.0. The number of halogens is 1. The second-order valence-electron chi connectivity index (χ2n) is 6.27. The molecule has 1 heterocycles. The molecule has 0 amide bonds. The fourth-order valence-electron chi connectivity index (χ4n) is 2.52. The number of ketones is 1. The summed E-state index contributed by atoms with van der Waals surface area (Å²) in [6, 6.07) is 6.79. The third-order valence-corrected chi connectivity index (χ3v) is 3.95. The van der Waals surface area contributed by atoms with Crippen molar-refractivity contribution >= 4 is 24.3 Å². The van der Waals surface area contributed by atoms with E-state index in [2.05, 4.69) is 4.98 Å². The van der Waals surface area contributed by atoms with Crippen LogP contribution in [0.1, 0.15) is 35.5 Å². The monoisotopic (exact) mass is 419 g/mol. The van der Waals surface area contributed by atoms with Gasteiger partial charge in [0.2, 0.25) is 5.78 Å². The molecule has 0 bridgehead atoms. The topological polar surface area (TPSA) is 77.9 Å². The first kappa shape index (κ1) is 24.2. The van der Waals surface area contributed by atoms with Crippen LogP contribution in [0.5, 0.6) is 17.2 Å². The summed E-state index contributed by atoms with van der Waals surface area (Å²) in [6.45, 7) is 3.99. The minimum Gasteiger partial charge on any atom is -0.507 e. The van der Waals surface area contributed by atoms with Gasteiger partial charge in [0.1, 0.15) is 22.9 Å². The van der Waals surface area contributed by atoms with Gasteiger partial charge >= 0.3 is 0 Å². The van der Waals surface area contributed by atoms with Crippen LogP contribution >= 0.6 is 12.4 Å². The van der Waals surface area contributed by atoms with Crippen molar-refractivity contribution < 1.29 is 24.1 Å². The van der Waals surface area contributed by atoms with Crippen molar-refractivity contribution in [3.8, 4) is 17.2 Å². The van der Waals surface area contributed by atoms with Gasteiger partial charge in [0.05, 0.1) is 12.7 Å². The highest BCUT2D eigenvalue weighted by atomic mass is 35.5. The fraction of sp³-hybridized carbons (Fsp3) is 0.273. The van der Waals surface area contributed by atoms with Gasteiger partial charge in [0, 0.05) is 24.9 Å². The number of benzene rings is 1. The fourth-order valence-corrected chi connectivity index (χ4v) is 2.52. The molecule has 0 atom stereocenters. The van der Waals surface area contributed by atoms with E-state index in [9.17, 15) is 9.90 Å². The van der Waals surface area contributed by atoms with Gasteiger partial charge in [-0.15, -0.1) is 12.4 Å². The summed E-state index contributed by atoms with van der Waals surface area (Å²) in [6.07, 6.45) is 6.89. The first-order valence-corrected chi connectivity index (χ1v) is 8.79. The Morgan fingerprint density at radius 3 is 2.55 bits per heavy atom. The number of rotatable bonds is 9. The van der Waals surface area contributed by atoms with Gasteiger partial charge in [0.15, 0.2) is 6.79 Å². The number of phenolic OH excluding ortho intramolecular Hbond substituents is 1. The number of pyridine rings is 1. The number of allylic oxidation sites excluding steroid dienone is 3. The van der Waals surface area contributed by atoms with Crippen LogP contribution in [-0.4, -0.2) is 36.9 Å². The molecule has 0 unspecified atom stereocenters. The molecule has 29 heavy (non-hydrogen) atoms. The predicted octanol–water partition coefficient (Wildman–Crippen LogP) is 4.61. The van der Waals surface area contributed by atoms with Gasteiger partial charge in [-0.1, -0.05) is 17.7 Å². The Morgan fingerprint density at radius 2 is 1.97 bits per heavy atom. The molecule has 0 aliphatic heterocycles. The zero-order valence-electron chi connectivity index (χ0n) is 17.0. The third kappa shape index (κ3) is 6.62. The Balaban J connectivity index is 0.00000420. The third-order valence-electron chi connectivity index (χ3n) is 3.95. The molecular formula is C22H26ClNO5. The largest absolute Gasteiger partial charge is 0.507 e. The molecule has 6 nitrogen and oxygen atoms in total. The normalized spacial score (nSPS) is 10.3. The van der Waals surface area contributed by atoms with E-state index < -0.39 is 0 Å². The van der Waals surface area contributed by atoms with Gasteiger partial charge in [-0.05, 0) is 44.6 Å². The molecule has 2 rings (SSSR count). The lowest BCUT2D eigenvalue weighted by molar-refractivity contribution is 0.0502. The number of methoxy groups -OCH3 is 2. The van der Waals surface area contributed by atoms with Crippen LogP contribution in [-0.2, 0) is 11.2 Å². The molecule has 0 aliphatic rings. The Hall–Kier alpha value is -2.83. The van der Waals surface area contributed by atoms with Crippen LogP contribution in [0.4, 0.5) is 0 Å². The first-order valence-electron chi connectivity index (χ1n) is 8.79. The van der Waals surface area contributed by atoms with E-state index in [0.29, 0.717) is 34.7 Å². The molecule has 7 heteroatoms. The smallest absolute Gasteiger partial charge is 0.204 e. The molecule has 0 saturated carbocycles. The van der Waals surface area contributed by atoms with Gasteiger partial charge in [-0.25, -0.2) is 0 Å². The number of aromatic hydroxyl groups is 1. The molecule has 2 aromatic rings. The van der Waals surface area contributed by atoms with Crippen molar-refractivity contribution in [2.24, 2.45) is 0 Å². The van der Waals surface area contributed by atoms with Gasteiger partial charge in [-0.2, -0.15) is 0 Å². The van der Waals surface area contributed by atoms with E-state index in [4.69, 9.17) is 14.2 Å². The summed E-state index contributed by atoms with van der Waals surface area (Å²) in [4.78, 5) is 16.3. The highest BCUT2D eigenvalue weighted by Crippen LogP contribution is 2.40. The number of nitrogens with zero attached hydrogens (tertiary/aromatic N) is 1. The van der Waals surface area contributed by atoms with Crippen molar-refractivity contribution in [3.05, 3.63) is 65.0 Å². The maximum absolute atomic E-state index is 12.3. The maximum Gasteiger partial charge on any atom is 0.204 e. The Labute approximate surface area is 177 Å². The zero-order chi connectivity index (χ0) is 20.5. The van der Waals surface area contributed by atoms with Crippen LogP contribution in [0.25, 0.3) is 6.08 Å². The summed E-state index contributed by atoms with van der Waals surface area (Å²) >= 11 is 0. The van der Waals surface area contributed by atoms with Crippen LogP contribution in [0.15, 0.2) is 48.2 Å². The molecule has 0 fully saturated rings. The van der Waals surface area contributed by atoms with Crippen molar-refractivity contribution in [2.75, 3.05) is 21.0 Å². The number of aromatic nitrogens is 1. The molecule has 0 spiro atoms. The summed E-state index contributed by atoms with van der Waals surface area (Å²) in [7, 11) is 3.01. The number of carbonyl (C=O) groups excluding carboxylic acids is 1. The SMILES string of the molecule is COCOc1cc(OC)c(/C=C/C(=O)c2ccccn2)c(O)c1CC=C(C)C.Cl. The first-order chi connectivity index (χ1) is 13.5.